The summed E-state index contributed by atoms with van der Waals surface area (Å²) < 4.78 is 4.90. The van der Waals surface area contributed by atoms with E-state index in [-0.39, 0.29) is 16.2 Å². The lowest BCUT2D eigenvalue weighted by Gasteiger charge is -2.22. The van der Waals surface area contributed by atoms with Gasteiger partial charge in [-0.3, -0.25) is 0 Å². The molecule has 0 atom stereocenters. The van der Waals surface area contributed by atoms with Crippen LogP contribution in [0.25, 0.3) is 152 Å². The number of hydrogen-bond donors (Lipinski definition) is 0. The molecule has 0 saturated carbocycles. The molecule has 2 aromatic heterocycles. The van der Waals surface area contributed by atoms with Crippen LogP contribution < -0.4 is 0 Å². The Kier molecular flexibility index (Phi) is 11.7. The van der Waals surface area contributed by atoms with Crippen molar-refractivity contribution in [3.8, 4) is 78.1 Å². The van der Waals surface area contributed by atoms with Crippen LogP contribution in [0, 0.1) is 0 Å². The van der Waals surface area contributed by atoms with Crippen LogP contribution in [0.2, 0.25) is 0 Å². The van der Waals surface area contributed by atoms with E-state index >= 15 is 0 Å². The number of hydrogen-bond acceptors (Lipinski definition) is 0. The highest BCUT2D eigenvalue weighted by Crippen LogP contribution is 2.56. The Morgan fingerprint density at radius 1 is 0.242 bits per heavy atom. The van der Waals surface area contributed by atoms with Crippen LogP contribution in [0.5, 0.6) is 0 Å². The summed E-state index contributed by atoms with van der Waals surface area (Å²) >= 11 is 0. The highest BCUT2D eigenvalue weighted by atomic mass is 15.0. The molecule has 0 saturated heterocycles. The summed E-state index contributed by atoms with van der Waals surface area (Å²) in [6.45, 7) is 18.9. The third-order valence-electron chi connectivity index (χ3n) is 22.2. The molecule has 2 nitrogen and oxygen atoms in total. The fraction of sp³-hybridized carbons (Fsp3) is 0.0968. The van der Waals surface area contributed by atoms with Gasteiger partial charge in [-0.15, -0.1) is 0 Å². The molecule has 13 aromatic carbocycles. The fourth-order valence-corrected chi connectivity index (χ4v) is 17.2. The topological polar surface area (TPSA) is 9.86 Å². The molecule has 4 aliphatic carbocycles. The van der Waals surface area contributed by atoms with Gasteiger partial charge in [-0.1, -0.05) is 260 Å². The molecule has 19 rings (SSSR count). The molecular weight excluding hydrogens is 1150 g/mol. The predicted octanol–water partition coefficient (Wildman–Crippen LogP) is 24.5. The van der Waals surface area contributed by atoms with Crippen molar-refractivity contribution in [2.75, 3.05) is 0 Å². The molecule has 4 aliphatic rings. The van der Waals surface area contributed by atoms with E-state index in [4.69, 9.17) is 6.58 Å². The Bertz CT molecular complexity index is 5920. The van der Waals surface area contributed by atoms with Crippen molar-refractivity contribution >= 4 is 73.5 Å². The average Bonchev–Trinajstić information content (AvgIpc) is 1.57. The van der Waals surface area contributed by atoms with Crippen LogP contribution in [-0.2, 0) is 16.2 Å². The van der Waals surface area contributed by atoms with E-state index in [0.717, 1.165) is 16.7 Å². The lowest BCUT2D eigenvalue weighted by atomic mass is 9.81. The number of aromatic nitrogens is 2. The van der Waals surface area contributed by atoms with E-state index in [1.807, 2.05) is 0 Å². The zero-order chi connectivity index (χ0) is 63.8. The van der Waals surface area contributed by atoms with Crippen LogP contribution >= 0.6 is 0 Å². The van der Waals surface area contributed by atoms with Gasteiger partial charge in [-0.25, -0.2) is 0 Å². The summed E-state index contributed by atoms with van der Waals surface area (Å²) in [4.78, 5) is 0. The number of nitrogens with zero attached hydrogens (tertiary/aromatic N) is 2. The van der Waals surface area contributed by atoms with Crippen LogP contribution in [-0.4, -0.2) is 9.13 Å². The molecule has 2 heterocycles. The first-order valence-corrected chi connectivity index (χ1v) is 33.6. The normalized spacial score (nSPS) is 14.8. The largest absolute Gasteiger partial charge is 0.309 e. The van der Waals surface area contributed by atoms with Crippen LogP contribution in [0.4, 0.5) is 0 Å². The highest BCUT2D eigenvalue weighted by molar-refractivity contribution is 6.12. The lowest BCUT2D eigenvalue weighted by molar-refractivity contribution is 0.660. The molecule has 0 spiro atoms. The van der Waals surface area contributed by atoms with Crippen LogP contribution in [0.15, 0.2) is 273 Å². The third-order valence-corrected chi connectivity index (χ3v) is 22.2. The average molecular weight is 1210 g/mol. The van der Waals surface area contributed by atoms with Gasteiger partial charge < -0.3 is 9.13 Å². The van der Waals surface area contributed by atoms with Crippen molar-refractivity contribution in [2.45, 2.75) is 57.8 Å². The Labute approximate surface area is 555 Å². The summed E-state index contributed by atoms with van der Waals surface area (Å²) in [5.41, 5.74) is 38.8. The summed E-state index contributed by atoms with van der Waals surface area (Å²) in [6, 6.07) is 100. The number of benzene rings is 13. The third kappa shape index (κ3) is 8.17. The van der Waals surface area contributed by atoms with Crippen molar-refractivity contribution in [1.82, 2.24) is 9.13 Å². The van der Waals surface area contributed by atoms with Gasteiger partial charge in [-0.05, 0) is 218 Å². The van der Waals surface area contributed by atoms with Gasteiger partial charge in [0.2, 0.25) is 0 Å². The van der Waals surface area contributed by atoms with Gasteiger partial charge >= 0.3 is 0 Å². The lowest BCUT2D eigenvalue weighted by Crippen LogP contribution is -2.15. The predicted molar refractivity (Wildman–Crippen MR) is 403 cm³/mol. The molecule has 0 aliphatic heterocycles. The zero-order valence-electron chi connectivity index (χ0n) is 54.3. The molecule has 450 valence electrons. The van der Waals surface area contributed by atoms with Gasteiger partial charge in [0, 0.05) is 49.2 Å². The number of para-hydroxylation sites is 2. The van der Waals surface area contributed by atoms with E-state index in [1.165, 1.54) is 177 Å². The maximum absolute atomic E-state index is 4.74. The second kappa shape index (κ2) is 20.1. The molecule has 95 heavy (non-hydrogen) atoms. The first-order valence-electron chi connectivity index (χ1n) is 33.6. The number of rotatable bonds is 8. The highest BCUT2D eigenvalue weighted by Gasteiger charge is 2.40. The first-order chi connectivity index (χ1) is 46.2. The molecular formula is C93H68N2. The molecule has 0 bridgehead atoms. The molecule has 0 N–H and O–H groups in total. The van der Waals surface area contributed by atoms with Crippen LogP contribution in [0.1, 0.15) is 108 Å². The Hall–Kier alpha value is -11.3. The summed E-state index contributed by atoms with van der Waals surface area (Å²) in [5.74, 6) is 0. The van der Waals surface area contributed by atoms with Gasteiger partial charge in [0.15, 0.2) is 0 Å². The summed E-state index contributed by atoms with van der Waals surface area (Å²) in [5, 5.41) is 5.05. The van der Waals surface area contributed by atoms with Crippen molar-refractivity contribution < 1.29 is 0 Å². The van der Waals surface area contributed by atoms with E-state index in [2.05, 4.69) is 342 Å². The van der Waals surface area contributed by atoms with Crippen molar-refractivity contribution in [3.63, 3.8) is 0 Å². The van der Waals surface area contributed by atoms with Crippen LogP contribution in [0.3, 0.4) is 0 Å². The SMILES string of the molecule is C=C1c2cc(/C=C/c3ccc(-c4ccc5c(c4)c4ccccc4n5-c4ccc5c(c4)C(C)(C)c4ccccc4-5)cc3)ccc2-c2cc3c(cc21)-c1ccc(/C=C/c2ccc(-c4ccc5c(c4)c4ccccc4n5-c4ccc5c(c4)C(C)(C)c4ccccc4-5)cc2)cc1C3(C)C. The van der Waals surface area contributed by atoms with Gasteiger partial charge in [0.05, 0.1) is 22.1 Å². The van der Waals surface area contributed by atoms with Gasteiger partial charge in [0.25, 0.3) is 0 Å². The number of fused-ring (bicyclic) bond motifs is 18. The Balaban J connectivity index is 0.544. The quantitative estimate of drug-likeness (QED) is 0.134. The molecule has 0 radical (unpaired) electrons. The molecule has 2 heteroatoms. The van der Waals surface area contributed by atoms with Gasteiger partial charge in [0.1, 0.15) is 0 Å². The molecule has 0 unspecified atom stereocenters. The minimum absolute atomic E-state index is 0.0676. The molecule has 0 amide bonds. The Morgan fingerprint density at radius 3 is 1.15 bits per heavy atom. The molecule has 0 fully saturated rings. The fourth-order valence-electron chi connectivity index (χ4n) is 17.2. The zero-order valence-corrected chi connectivity index (χ0v) is 54.3. The summed E-state index contributed by atoms with van der Waals surface area (Å²) in [7, 11) is 0. The van der Waals surface area contributed by atoms with E-state index < -0.39 is 0 Å². The monoisotopic (exact) mass is 1210 g/mol. The smallest absolute Gasteiger partial charge is 0.0541 e. The second-order valence-electron chi connectivity index (χ2n) is 28.5. The maximum atomic E-state index is 4.74. The second-order valence-corrected chi connectivity index (χ2v) is 28.5. The van der Waals surface area contributed by atoms with Crippen molar-refractivity contribution in [3.05, 3.63) is 340 Å². The van der Waals surface area contributed by atoms with E-state index in [1.54, 1.807) is 0 Å². The minimum atomic E-state index is -0.173. The van der Waals surface area contributed by atoms with Crippen molar-refractivity contribution in [2.24, 2.45) is 0 Å². The first kappa shape index (κ1) is 55.3. The Morgan fingerprint density at radius 2 is 0.611 bits per heavy atom. The van der Waals surface area contributed by atoms with E-state index in [0.29, 0.717) is 0 Å². The van der Waals surface area contributed by atoms with Gasteiger partial charge in [-0.2, -0.15) is 0 Å². The van der Waals surface area contributed by atoms with E-state index in [9.17, 15) is 0 Å². The maximum Gasteiger partial charge on any atom is 0.0541 e. The molecule has 15 aromatic rings. The van der Waals surface area contributed by atoms with Crippen molar-refractivity contribution in [1.29, 1.82) is 0 Å². The summed E-state index contributed by atoms with van der Waals surface area (Å²) in [6.07, 6.45) is 8.99. The standard InChI is InChI=1S/C93H68N2/c1-56-75-48-59(26-24-57-28-34-61(35-29-57)63-38-46-89-79(50-63)73-18-10-14-22-87(73)94(89)65-40-44-70-68-16-8-12-20-81(68)91(2,3)84(70)52-65)32-42-67(75)77-55-86-78(54-76(56)77)72-43-33-60(49-83(72)93(86,6)7)27-25-58-30-36-62(37-31-58)64-39-47-90-80(51-64)74-19-11-15-23-88(74)95(90)66-41-45-71-69-17-9-13-21-82(69)92(4,5)85(71)53-66/h8-55H,1H2,2-7H3/b26-24+,27-25+. The minimum Gasteiger partial charge on any atom is -0.309 e.